The minimum atomic E-state index is -0.0789. The second kappa shape index (κ2) is 6.40. The molecule has 1 aliphatic carbocycles. The largest absolute Gasteiger partial charge is 0.507 e. The maximum Gasteiger partial charge on any atom is 0.243 e. The van der Waals surface area contributed by atoms with E-state index in [-0.39, 0.29) is 23.5 Å². The van der Waals surface area contributed by atoms with E-state index < -0.39 is 0 Å². The highest BCUT2D eigenvalue weighted by Crippen LogP contribution is 2.47. The smallest absolute Gasteiger partial charge is 0.243 e. The number of rotatable bonds is 4. The number of carbonyl (C=O) groups is 1. The third-order valence-corrected chi connectivity index (χ3v) is 4.67. The number of hydrogen-bond acceptors (Lipinski definition) is 3. The molecule has 0 aliphatic heterocycles. The standard InChI is InChI=1S/C21H18N2O2/c24-20-11-10-15-8-4-5-9-16(15)19(20)13-22-23-21(25)18-12-17(18)14-6-2-1-3-7-14/h1-11,13,17-18,24H,12H2,(H,23,25)/b22-13-/t17-,18+/m0/s1. The minimum absolute atomic E-state index is 0.0272. The maximum absolute atomic E-state index is 12.2. The summed E-state index contributed by atoms with van der Waals surface area (Å²) in [6, 6.07) is 21.3. The molecule has 3 aromatic rings. The Labute approximate surface area is 145 Å². The van der Waals surface area contributed by atoms with E-state index in [2.05, 4.69) is 22.7 Å². The van der Waals surface area contributed by atoms with Gasteiger partial charge in [-0.25, -0.2) is 5.43 Å². The van der Waals surface area contributed by atoms with Crippen LogP contribution in [0, 0.1) is 5.92 Å². The van der Waals surface area contributed by atoms with Gasteiger partial charge in [-0.3, -0.25) is 4.79 Å². The number of benzene rings is 3. The summed E-state index contributed by atoms with van der Waals surface area (Å²) in [7, 11) is 0. The molecule has 1 aliphatic rings. The molecular weight excluding hydrogens is 312 g/mol. The molecule has 1 saturated carbocycles. The molecule has 25 heavy (non-hydrogen) atoms. The van der Waals surface area contributed by atoms with E-state index >= 15 is 0 Å². The van der Waals surface area contributed by atoms with E-state index in [0.717, 1.165) is 17.2 Å². The highest BCUT2D eigenvalue weighted by molar-refractivity contribution is 6.02. The summed E-state index contributed by atoms with van der Waals surface area (Å²) >= 11 is 0. The topological polar surface area (TPSA) is 61.7 Å². The van der Waals surface area contributed by atoms with E-state index in [1.54, 1.807) is 6.07 Å². The summed E-state index contributed by atoms with van der Waals surface area (Å²) in [5, 5.41) is 16.1. The van der Waals surface area contributed by atoms with Crippen LogP contribution in [0.3, 0.4) is 0 Å². The quantitative estimate of drug-likeness (QED) is 0.564. The van der Waals surface area contributed by atoms with Gasteiger partial charge in [0.05, 0.1) is 6.21 Å². The van der Waals surface area contributed by atoms with Crippen molar-refractivity contribution in [3.63, 3.8) is 0 Å². The van der Waals surface area contributed by atoms with Crippen molar-refractivity contribution >= 4 is 22.9 Å². The summed E-state index contributed by atoms with van der Waals surface area (Å²) in [4.78, 5) is 12.2. The zero-order valence-electron chi connectivity index (χ0n) is 13.6. The van der Waals surface area contributed by atoms with E-state index in [1.807, 2.05) is 48.5 Å². The first-order valence-corrected chi connectivity index (χ1v) is 8.32. The SMILES string of the molecule is O=C(N/N=C\c1c(O)ccc2ccccc12)[C@@H]1C[C@H]1c1ccccc1. The Kier molecular flexibility index (Phi) is 3.94. The van der Waals surface area contributed by atoms with Gasteiger partial charge in [0.25, 0.3) is 0 Å². The molecule has 2 atom stereocenters. The van der Waals surface area contributed by atoms with E-state index in [9.17, 15) is 9.90 Å². The van der Waals surface area contributed by atoms with Crippen molar-refractivity contribution in [1.29, 1.82) is 0 Å². The Morgan fingerprint density at radius 1 is 1.04 bits per heavy atom. The fourth-order valence-electron chi connectivity index (χ4n) is 3.22. The predicted octanol–water partition coefficient (Wildman–Crippen LogP) is 3.80. The summed E-state index contributed by atoms with van der Waals surface area (Å²) in [5.74, 6) is 0.318. The molecule has 0 saturated heterocycles. The van der Waals surface area contributed by atoms with Crippen molar-refractivity contribution in [3.8, 4) is 5.75 Å². The molecule has 1 amide bonds. The molecule has 2 N–H and O–H groups in total. The Bertz CT molecular complexity index is 951. The average Bonchev–Trinajstić information content (AvgIpc) is 3.45. The van der Waals surface area contributed by atoms with Crippen LogP contribution >= 0.6 is 0 Å². The van der Waals surface area contributed by atoms with Gasteiger partial charge in [0.1, 0.15) is 5.75 Å². The molecule has 0 bridgehead atoms. The summed E-state index contributed by atoms with van der Waals surface area (Å²) in [6.45, 7) is 0. The number of amides is 1. The highest BCUT2D eigenvalue weighted by Gasteiger charge is 2.43. The number of nitrogens with zero attached hydrogens (tertiary/aromatic N) is 1. The lowest BCUT2D eigenvalue weighted by Crippen LogP contribution is -2.20. The summed E-state index contributed by atoms with van der Waals surface area (Å²) in [5.41, 5.74) is 4.40. The Morgan fingerprint density at radius 3 is 2.64 bits per heavy atom. The van der Waals surface area contributed by atoms with Gasteiger partial charge in [0, 0.05) is 11.5 Å². The third kappa shape index (κ3) is 3.11. The molecule has 0 radical (unpaired) electrons. The van der Waals surface area contributed by atoms with E-state index in [4.69, 9.17) is 0 Å². The number of nitrogens with one attached hydrogen (secondary N) is 1. The van der Waals surface area contributed by atoms with Crippen molar-refractivity contribution in [1.82, 2.24) is 5.43 Å². The number of hydrazone groups is 1. The third-order valence-electron chi connectivity index (χ3n) is 4.67. The average molecular weight is 330 g/mol. The molecule has 3 aromatic carbocycles. The first kappa shape index (κ1) is 15.4. The maximum atomic E-state index is 12.2. The molecule has 0 heterocycles. The van der Waals surface area contributed by atoms with Crippen LogP contribution in [0.1, 0.15) is 23.5 Å². The van der Waals surface area contributed by atoms with Crippen molar-refractivity contribution < 1.29 is 9.90 Å². The number of hydrogen-bond donors (Lipinski definition) is 2. The van der Waals surface area contributed by atoms with Gasteiger partial charge in [0.15, 0.2) is 0 Å². The van der Waals surface area contributed by atoms with Crippen LogP contribution in [-0.2, 0) is 4.79 Å². The number of phenols is 1. The van der Waals surface area contributed by atoms with E-state index in [1.165, 1.54) is 11.8 Å². The zero-order chi connectivity index (χ0) is 17.2. The van der Waals surface area contributed by atoms with Gasteiger partial charge in [-0.05, 0) is 34.7 Å². The van der Waals surface area contributed by atoms with Crippen LogP contribution in [0.25, 0.3) is 10.8 Å². The first-order valence-electron chi connectivity index (χ1n) is 8.32. The van der Waals surface area contributed by atoms with Crippen LogP contribution in [0.4, 0.5) is 0 Å². The van der Waals surface area contributed by atoms with Crippen molar-refractivity contribution in [2.24, 2.45) is 11.0 Å². The zero-order valence-corrected chi connectivity index (χ0v) is 13.6. The first-order chi connectivity index (χ1) is 12.2. The lowest BCUT2D eigenvalue weighted by Gasteiger charge is -2.05. The van der Waals surface area contributed by atoms with Crippen LogP contribution in [0.5, 0.6) is 5.75 Å². The number of fused-ring (bicyclic) bond motifs is 1. The fourth-order valence-corrected chi connectivity index (χ4v) is 3.22. The van der Waals surface area contributed by atoms with Crippen LogP contribution in [0.2, 0.25) is 0 Å². The predicted molar refractivity (Wildman–Crippen MR) is 98.6 cm³/mol. The number of phenolic OH excluding ortho intramolecular Hbond substituents is 1. The molecule has 4 heteroatoms. The number of carbonyl (C=O) groups excluding carboxylic acids is 1. The van der Waals surface area contributed by atoms with Gasteiger partial charge >= 0.3 is 0 Å². The Morgan fingerprint density at radius 2 is 1.80 bits per heavy atom. The lowest BCUT2D eigenvalue weighted by molar-refractivity contribution is -0.122. The molecule has 1 fully saturated rings. The second-order valence-corrected chi connectivity index (χ2v) is 6.31. The number of aromatic hydroxyl groups is 1. The van der Waals surface area contributed by atoms with E-state index in [0.29, 0.717) is 5.56 Å². The second-order valence-electron chi connectivity index (χ2n) is 6.31. The fraction of sp³-hybridized carbons (Fsp3) is 0.143. The van der Waals surface area contributed by atoms with Crippen molar-refractivity contribution in [3.05, 3.63) is 77.9 Å². The monoisotopic (exact) mass is 330 g/mol. The normalized spacial score (nSPS) is 19.2. The van der Waals surface area contributed by atoms with Crippen molar-refractivity contribution in [2.75, 3.05) is 0 Å². The van der Waals surface area contributed by atoms with Gasteiger partial charge in [-0.15, -0.1) is 0 Å². The molecule has 0 unspecified atom stereocenters. The summed E-state index contributed by atoms with van der Waals surface area (Å²) < 4.78 is 0. The Hall–Kier alpha value is -3.14. The van der Waals surface area contributed by atoms with Crippen LogP contribution in [-0.4, -0.2) is 17.2 Å². The molecular formula is C21H18N2O2. The van der Waals surface area contributed by atoms with Crippen LogP contribution < -0.4 is 5.43 Å². The van der Waals surface area contributed by atoms with Gasteiger partial charge in [0.2, 0.25) is 5.91 Å². The highest BCUT2D eigenvalue weighted by atomic mass is 16.3. The van der Waals surface area contributed by atoms with Gasteiger partial charge in [-0.1, -0.05) is 60.7 Å². The summed E-state index contributed by atoms with van der Waals surface area (Å²) in [6.07, 6.45) is 2.36. The van der Waals surface area contributed by atoms with Gasteiger partial charge < -0.3 is 5.11 Å². The molecule has 4 rings (SSSR count). The van der Waals surface area contributed by atoms with Crippen LogP contribution in [0.15, 0.2) is 71.8 Å². The minimum Gasteiger partial charge on any atom is -0.507 e. The van der Waals surface area contributed by atoms with Crippen molar-refractivity contribution in [2.45, 2.75) is 12.3 Å². The Balaban J connectivity index is 1.46. The molecule has 124 valence electrons. The molecule has 4 nitrogen and oxygen atoms in total. The molecule has 0 spiro atoms. The lowest BCUT2D eigenvalue weighted by atomic mass is 10.0. The van der Waals surface area contributed by atoms with Gasteiger partial charge in [-0.2, -0.15) is 5.10 Å². The molecule has 0 aromatic heterocycles.